The smallest absolute Gasteiger partial charge is 0.183 e. The number of thiazole rings is 1. The maximum atomic E-state index is 5.80. The van der Waals surface area contributed by atoms with Crippen LogP contribution in [0.2, 0.25) is 0 Å². The molecule has 0 atom stereocenters. The molecule has 1 N–H and O–H groups in total. The molecule has 2 heterocycles. The summed E-state index contributed by atoms with van der Waals surface area (Å²) in [6, 6.07) is 10.7. The summed E-state index contributed by atoms with van der Waals surface area (Å²) in [5, 5.41) is 7.57. The maximum Gasteiger partial charge on any atom is 0.183 e. The maximum absolute atomic E-state index is 5.80. The summed E-state index contributed by atoms with van der Waals surface area (Å²) in [6.07, 6.45) is 2.53. The molecule has 0 saturated heterocycles. The molecule has 18 heavy (non-hydrogen) atoms. The predicted octanol–water partition coefficient (Wildman–Crippen LogP) is 4.13. The number of para-hydroxylation sites is 1. The van der Waals surface area contributed by atoms with E-state index in [1.807, 2.05) is 29.6 Å². The summed E-state index contributed by atoms with van der Waals surface area (Å²) >= 11 is 1.64. The topological polar surface area (TPSA) is 38.1 Å². The number of hydrogen-bond donors (Lipinski definition) is 1. The molecule has 4 rings (SSSR count). The Bertz CT molecular complexity index is 663. The van der Waals surface area contributed by atoms with E-state index in [-0.39, 0.29) is 0 Å². The van der Waals surface area contributed by atoms with E-state index in [1.54, 1.807) is 11.3 Å². The molecule has 0 unspecified atom stereocenters. The fraction of sp³-hybridized carbons (Fsp3) is 0.214. The fourth-order valence-corrected chi connectivity index (χ4v) is 2.74. The molecule has 1 aromatic carbocycles. The van der Waals surface area contributed by atoms with Gasteiger partial charge in [0, 0.05) is 16.8 Å². The Balaban J connectivity index is 1.70. The number of rotatable bonds is 3. The van der Waals surface area contributed by atoms with Crippen LogP contribution < -0.4 is 5.32 Å². The highest BCUT2D eigenvalue weighted by Crippen LogP contribution is 2.32. The van der Waals surface area contributed by atoms with Crippen molar-refractivity contribution in [1.29, 1.82) is 0 Å². The molecule has 1 saturated carbocycles. The summed E-state index contributed by atoms with van der Waals surface area (Å²) in [4.78, 5) is 4.57. The number of benzene rings is 1. The molecular formula is C14H12N2OS. The summed E-state index contributed by atoms with van der Waals surface area (Å²) in [7, 11) is 0. The third-order valence-electron chi connectivity index (χ3n) is 3.09. The highest BCUT2D eigenvalue weighted by Gasteiger charge is 2.22. The van der Waals surface area contributed by atoms with Gasteiger partial charge in [-0.05, 0) is 25.0 Å². The van der Waals surface area contributed by atoms with Crippen molar-refractivity contribution in [1.82, 2.24) is 4.98 Å². The van der Waals surface area contributed by atoms with E-state index in [4.69, 9.17) is 4.42 Å². The molecule has 3 aromatic rings. The molecule has 1 aliphatic carbocycles. The van der Waals surface area contributed by atoms with Crippen LogP contribution in [0.1, 0.15) is 12.8 Å². The average Bonchev–Trinajstić information content (AvgIpc) is 2.92. The number of aromatic nitrogens is 1. The molecule has 3 nitrogen and oxygen atoms in total. The zero-order valence-electron chi connectivity index (χ0n) is 9.72. The van der Waals surface area contributed by atoms with Gasteiger partial charge in [0.2, 0.25) is 0 Å². The van der Waals surface area contributed by atoms with Gasteiger partial charge < -0.3 is 9.73 Å². The van der Waals surface area contributed by atoms with Gasteiger partial charge in [-0.3, -0.25) is 0 Å². The van der Waals surface area contributed by atoms with Crippen molar-refractivity contribution < 1.29 is 4.42 Å². The Hall–Kier alpha value is -1.81. The largest absolute Gasteiger partial charge is 0.454 e. The quantitative estimate of drug-likeness (QED) is 0.765. The highest BCUT2D eigenvalue weighted by atomic mass is 32.1. The second kappa shape index (κ2) is 3.85. The Morgan fingerprint density at radius 1 is 1.28 bits per heavy atom. The third-order valence-corrected chi connectivity index (χ3v) is 3.86. The van der Waals surface area contributed by atoms with Crippen molar-refractivity contribution in [3.8, 4) is 11.5 Å². The number of fused-ring (bicyclic) bond motifs is 1. The standard InChI is InChI=1S/C14H12N2OS/c1-2-4-12-9(3-1)7-13(17-12)11-8-18-14(16-11)15-10-5-6-10/h1-4,7-8,10H,5-6H2,(H,15,16). The van der Waals surface area contributed by atoms with Crippen LogP contribution in [0, 0.1) is 0 Å². The van der Waals surface area contributed by atoms with E-state index in [1.165, 1.54) is 12.8 Å². The lowest BCUT2D eigenvalue weighted by Gasteiger charge is -1.95. The SMILES string of the molecule is c1ccc2oc(-c3csc(NC4CC4)n3)cc2c1. The van der Waals surface area contributed by atoms with Gasteiger partial charge in [0.25, 0.3) is 0 Å². The monoisotopic (exact) mass is 256 g/mol. The second-order valence-electron chi connectivity index (χ2n) is 4.60. The van der Waals surface area contributed by atoms with Gasteiger partial charge in [-0.2, -0.15) is 0 Å². The van der Waals surface area contributed by atoms with Gasteiger partial charge in [-0.25, -0.2) is 4.98 Å². The van der Waals surface area contributed by atoms with Gasteiger partial charge in [0.05, 0.1) is 0 Å². The van der Waals surface area contributed by atoms with Crippen LogP contribution in [0.3, 0.4) is 0 Å². The highest BCUT2D eigenvalue weighted by molar-refractivity contribution is 7.14. The minimum atomic E-state index is 0.639. The molecule has 0 radical (unpaired) electrons. The van der Waals surface area contributed by atoms with E-state index in [2.05, 4.69) is 16.4 Å². The van der Waals surface area contributed by atoms with Gasteiger partial charge >= 0.3 is 0 Å². The molecular weight excluding hydrogens is 244 g/mol. The van der Waals surface area contributed by atoms with Crippen molar-refractivity contribution in [3.05, 3.63) is 35.7 Å². The second-order valence-corrected chi connectivity index (χ2v) is 5.46. The predicted molar refractivity (Wildman–Crippen MR) is 74.0 cm³/mol. The number of nitrogens with one attached hydrogen (secondary N) is 1. The first-order valence-electron chi connectivity index (χ1n) is 6.09. The molecule has 1 aliphatic rings. The lowest BCUT2D eigenvalue weighted by atomic mass is 10.2. The van der Waals surface area contributed by atoms with Crippen LogP contribution in [0.15, 0.2) is 40.1 Å². The first kappa shape index (κ1) is 10.1. The van der Waals surface area contributed by atoms with Crippen molar-refractivity contribution in [2.75, 3.05) is 5.32 Å². The van der Waals surface area contributed by atoms with E-state index in [0.717, 1.165) is 27.6 Å². The first-order chi connectivity index (χ1) is 8.88. The minimum absolute atomic E-state index is 0.639. The molecule has 4 heteroatoms. The summed E-state index contributed by atoms with van der Waals surface area (Å²) < 4.78 is 5.80. The lowest BCUT2D eigenvalue weighted by Crippen LogP contribution is -1.99. The van der Waals surface area contributed by atoms with E-state index in [0.29, 0.717) is 6.04 Å². The molecule has 0 aliphatic heterocycles. The molecule has 0 spiro atoms. The van der Waals surface area contributed by atoms with Crippen molar-refractivity contribution in [2.24, 2.45) is 0 Å². The lowest BCUT2D eigenvalue weighted by molar-refractivity contribution is 0.629. The Labute approximate surface area is 108 Å². The van der Waals surface area contributed by atoms with Crippen LogP contribution in [-0.2, 0) is 0 Å². The summed E-state index contributed by atoms with van der Waals surface area (Å²) in [5.41, 5.74) is 1.83. The normalized spacial score (nSPS) is 15.1. The van der Waals surface area contributed by atoms with Crippen molar-refractivity contribution in [3.63, 3.8) is 0 Å². The summed E-state index contributed by atoms with van der Waals surface area (Å²) in [5.74, 6) is 0.844. The number of anilines is 1. The van der Waals surface area contributed by atoms with E-state index in [9.17, 15) is 0 Å². The van der Waals surface area contributed by atoms with Gasteiger partial charge in [0.15, 0.2) is 10.9 Å². The zero-order chi connectivity index (χ0) is 11.9. The Morgan fingerprint density at radius 2 is 2.17 bits per heavy atom. The van der Waals surface area contributed by atoms with Crippen LogP contribution >= 0.6 is 11.3 Å². The van der Waals surface area contributed by atoms with Gasteiger partial charge in [0.1, 0.15) is 11.3 Å². The minimum Gasteiger partial charge on any atom is -0.454 e. The van der Waals surface area contributed by atoms with E-state index < -0.39 is 0 Å². The van der Waals surface area contributed by atoms with Gasteiger partial charge in [-0.15, -0.1) is 11.3 Å². The number of furan rings is 1. The average molecular weight is 256 g/mol. The van der Waals surface area contributed by atoms with Crippen LogP contribution in [-0.4, -0.2) is 11.0 Å². The van der Waals surface area contributed by atoms with Crippen molar-refractivity contribution >= 4 is 27.4 Å². The van der Waals surface area contributed by atoms with Gasteiger partial charge in [-0.1, -0.05) is 18.2 Å². The first-order valence-corrected chi connectivity index (χ1v) is 6.97. The third kappa shape index (κ3) is 1.78. The van der Waals surface area contributed by atoms with Crippen molar-refractivity contribution in [2.45, 2.75) is 18.9 Å². The van der Waals surface area contributed by atoms with E-state index >= 15 is 0 Å². The molecule has 1 fully saturated rings. The summed E-state index contributed by atoms with van der Waals surface area (Å²) in [6.45, 7) is 0. The molecule has 0 bridgehead atoms. The zero-order valence-corrected chi connectivity index (χ0v) is 10.5. The molecule has 2 aromatic heterocycles. The number of nitrogens with zero attached hydrogens (tertiary/aromatic N) is 1. The van der Waals surface area contributed by atoms with Crippen LogP contribution in [0.25, 0.3) is 22.4 Å². The van der Waals surface area contributed by atoms with Crippen LogP contribution in [0.5, 0.6) is 0 Å². The van der Waals surface area contributed by atoms with Crippen LogP contribution in [0.4, 0.5) is 5.13 Å². The molecule has 0 amide bonds. The fourth-order valence-electron chi connectivity index (χ4n) is 1.96. The molecule has 90 valence electrons. The Kier molecular flexibility index (Phi) is 2.17. The number of hydrogen-bond acceptors (Lipinski definition) is 4. The Morgan fingerprint density at radius 3 is 3.00 bits per heavy atom.